The van der Waals surface area contributed by atoms with E-state index in [1.165, 1.54) is 6.92 Å². The Labute approximate surface area is 141 Å². The van der Waals surface area contributed by atoms with Crippen molar-refractivity contribution in [3.05, 3.63) is 65.5 Å². The zero-order valence-corrected chi connectivity index (χ0v) is 13.7. The van der Waals surface area contributed by atoms with Crippen molar-refractivity contribution in [2.75, 3.05) is 6.54 Å². The normalized spacial score (nSPS) is 16.9. The molecule has 1 aromatic heterocycles. The molecule has 1 N–H and O–H groups in total. The minimum Gasteiger partial charge on any atom is -0.351 e. The number of nitrogens with zero attached hydrogens (tertiary/aromatic N) is 2. The van der Waals surface area contributed by atoms with E-state index in [1.807, 2.05) is 53.4 Å². The molecule has 24 heavy (non-hydrogen) atoms. The molecule has 0 aliphatic carbocycles. The highest BCUT2D eigenvalue weighted by molar-refractivity contribution is 5.94. The second kappa shape index (κ2) is 7.25. The molecule has 1 aromatic carbocycles. The molecular formula is C19H21N3O2. The van der Waals surface area contributed by atoms with Gasteiger partial charge in [0, 0.05) is 19.0 Å². The summed E-state index contributed by atoms with van der Waals surface area (Å²) in [5, 5.41) is 2.76. The molecule has 124 valence electrons. The van der Waals surface area contributed by atoms with Gasteiger partial charge in [0.1, 0.15) is 0 Å². The minimum atomic E-state index is -0.0797. The fourth-order valence-electron chi connectivity index (χ4n) is 3.06. The summed E-state index contributed by atoms with van der Waals surface area (Å²) < 4.78 is 0. The summed E-state index contributed by atoms with van der Waals surface area (Å²) in [5.74, 6) is -0.0314. The number of carbonyl (C=O) groups excluding carboxylic acids is 2. The molecule has 1 saturated heterocycles. The average molecular weight is 323 g/mol. The fraction of sp³-hybridized carbons (Fsp3) is 0.316. The van der Waals surface area contributed by atoms with E-state index in [2.05, 4.69) is 10.3 Å². The lowest BCUT2D eigenvalue weighted by Gasteiger charge is -2.24. The molecule has 5 heteroatoms. The molecule has 1 unspecified atom stereocenters. The van der Waals surface area contributed by atoms with Gasteiger partial charge >= 0.3 is 0 Å². The predicted octanol–water partition coefficient (Wildman–Crippen LogP) is 2.70. The summed E-state index contributed by atoms with van der Waals surface area (Å²) >= 11 is 0. The highest BCUT2D eigenvalue weighted by atomic mass is 16.2. The molecule has 0 radical (unpaired) electrons. The van der Waals surface area contributed by atoms with E-state index < -0.39 is 0 Å². The molecule has 0 spiro atoms. The van der Waals surface area contributed by atoms with Crippen molar-refractivity contribution < 1.29 is 9.59 Å². The van der Waals surface area contributed by atoms with Crippen LogP contribution >= 0.6 is 0 Å². The van der Waals surface area contributed by atoms with Crippen molar-refractivity contribution in [1.29, 1.82) is 0 Å². The second-order valence-corrected chi connectivity index (χ2v) is 5.99. The van der Waals surface area contributed by atoms with Gasteiger partial charge in [-0.1, -0.05) is 24.3 Å². The topological polar surface area (TPSA) is 62.3 Å². The Morgan fingerprint density at radius 3 is 2.71 bits per heavy atom. The minimum absolute atomic E-state index is 0.00464. The average Bonchev–Trinajstić information content (AvgIpc) is 3.10. The van der Waals surface area contributed by atoms with Crippen LogP contribution in [0.25, 0.3) is 0 Å². The lowest BCUT2D eigenvalue weighted by molar-refractivity contribution is -0.119. The van der Waals surface area contributed by atoms with Crippen LogP contribution < -0.4 is 5.32 Å². The van der Waals surface area contributed by atoms with Crippen LogP contribution in [-0.4, -0.2) is 28.2 Å². The van der Waals surface area contributed by atoms with E-state index in [0.29, 0.717) is 12.1 Å². The number of carbonyl (C=O) groups is 2. The third kappa shape index (κ3) is 3.62. The molecule has 0 saturated carbocycles. The molecule has 0 bridgehead atoms. The van der Waals surface area contributed by atoms with Gasteiger partial charge in [0.05, 0.1) is 24.0 Å². The van der Waals surface area contributed by atoms with E-state index in [1.54, 1.807) is 0 Å². The molecule has 1 fully saturated rings. The summed E-state index contributed by atoms with van der Waals surface area (Å²) in [6.45, 7) is 2.64. The van der Waals surface area contributed by atoms with Crippen LogP contribution in [0.5, 0.6) is 0 Å². The third-order valence-electron chi connectivity index (χ3n) is 4.22. The molecule has 2 amide bonds. The molecule has 2 heterocycles. The van der Waals surface area contributed by atoms with Crippen LogP contribution in [0.4, 0.5) is 0 Å². The highest BCUT2D eigenvalue weighted by Crippen LogP contribution is 2.32. The first-order valence-corrected chi connectivity index (χ1v) is 8.21. The first-order chi connectivity index (χ1) is 11.6. The predicted molar refractivity (Wildman–Crippen MR) is 91.2 cm³/mol. The molecule has 1 aliphatic heterocycles. The Bertz CT molecular complexity index is 730. The lowest BCUT2D eigenvalue weighted by atomic mass is 10.1. The molecule has 2 aromatic rings. The smallest absolute Gasteiger partial charge is 0.254 e. The standard InChI is InChI=1S/C19H21N3O2/c1-14(23)20-13-16-9-5-10-17(21-16)18-11-6-12-22(18)19(24)15-7-3-2-4-8-15/h2-5,7-10,18H,6,11-13H2,1H3,(H,20,23). The monoisotopic (exact) mass is 323 g/mol. The van der Waals surface area contributed by atoms with Gasteiger partial charge in [-0.2, -0.15) is 0 Å². The van der Waals surface area contributed by atoms with E-state index in [9.17, 15) is 9.59 Å². The number of aromatic nitrogens is 1. The zero-order chi connectivity index (χ0) is 16.9. The second-order valence-electron chi connectivity index (χ2n) is 5.99. The Balaban J connectivity index is 1.79. The van der Waals surface area contributed by atoms with Crippen molar-refractivity contribution in [3.63, 3.8) is 0 Å². The summed E-state index contributed by atoms with van der Waals surface area (Å²) in [6.07, 6.45) is 1.88. The van der Waals surface area contributed by atoms with Gasteiger partial charge in [-0.25, -0.2) is 0 Å². The van der Waals surface area contributed by atoms with Gasteiger partial charge in [0.25, 0.3) is 5.91 Å². The SMILES string of the molecule is CC(=O)NCc1cccc(C2CCCN2C(=O)c2ccccc2)n1. The Morgan fingerprint density at radius 2 is 1.96 bits per heavy atom. The summed E-state index contributed by atoms with van der Waals surface area (Å²) in [6, 6.07) is 15.1. The molecule has 1 aliphatic rings. The molecule has 3 rings (SSSR count). The molecule has 5 nitrogen and oxygen atoms in total. The van der Waals surface area contributed by atoms with Crippen molar-refractivity contribution in [2.45, 2.75) is 32.4 Å². The first kappa shape index (κ1) is 16.2. The number of benzene rings is 1. The van der Waals surface area contributed by atoms with Crippen molar-refractivity contribution >= 4 is 11.8 Å². The Hall–Kier alpha value is -2.69. The number of nitrogens with one attached hydrogen (secondary N) is 1. The number of rotatable bonds is 4. The quantitative estimate of drug-likeness (QED) is 0.941. The van der Waals surface area contributed by atoms with E-state index in [0.717, 1.165) is 30.8 Å². The van der Waals surface area contributed by atoms with E-state index >= 15 is 0 Å². The Morgan fingerprint density at radius 1 is 1.17 bits per heavy atom. The molecular weight excluding hydrogens is 302 g/mol. The Kier molecular flexibility index (Phi) is 4.89. The fourth-order valence-corrected chi connectivity index (χ4v) is 3.06. The maximum absolute atomic E-state index is 12.8. The maximum atomic E-state index is 12.8. The largest absolute Gasteiger partial charge is 0.351 e. The number of hydrogen-bond acceptors (Lipinski definition) is 3. The maximum Gasteiger partial charge on any atom is 0.254 e. The molecule has 1 atom stereocenters. The highest BCUT2D eigenvalue weighted by Gasteiger charge is 2.31. The summed E-state index contributed by atoms with van der Waals surface area (Å²) in [4.78, 5) is 30.4. The van der Waals surface area contributed by atoms with Crippen LogP contribution in [0.15, 0.2) is 48.5 Å². The van der Waals surface area contributed by atoms with Gasteiger partial charge < -0.3 is 10.2 Å². The third-order valence-corrected chi connectivity index (χ3v) is 4.22. The van der Waals surface area contributed by atoms with Gasteiger partial charge in [0.2, 0.25) is 5.91 Å². The van der Waals surface area contributed by atoms with Gasteiger partial charge in [-0.05, 0) is 37.1 Å². The van der Waals surface area contributed by atoms with Crippen molar-refractivity contribution in [2.24, 2.45) is 0 Å². The van der Waals surface area contributed by atoms with Gasteiger partial charge in [-0.3, -0.25) is 14.6 Å². The van der Waals surface area contributed by atoms with Crippen molar-refractivity contribution in [1.82, 2.24) is 15.2 Å². The van der Waals surface area contributed by atoms with Gasteiger partial charge in [-0.15, -0.1) is 0 Å². The summed E-state index contributed by atoms with van der Waals surface area (Å²) in [7, 11) is 0. The number of hydrogen-bond donors (Lipinski definition) is 1. The van der Waals surface area contributed by atoms with Crippen LogP contribution in [0.3, 0.4) is 0 Å². The lowest BCUT2D eigenvalue weighted by Crippen LogP contribution is -2.31. The van der Waals surface area contributed by atoms with Crippen LogP contribution in [-0.2, 0) is 11.3 Å². The van der Waals surface area contributed by atoms with Gasteiger partial charge in [0.15, 0.2) is 0 Å². The number of amides is 2. The van der Waals surface area contributed by atoms with E-state index in [-0.39, 0.29) is 17.9 Å². The van der Waals surface area contributed by atoms with Crippen LogP contribution in [0, 0.1) is 0 Å². The number of likely N-dealkylation sites (tertiary alicyclic amines) is 1. The van der Waals surface area contributed by atoms with Crippen molar-refractivity contribution in [3.8, 4) is 0 Å². The van der Waals surface area contributed by atoms with E-state index in [4.69, 9.17) is 0 Å². The van der Waals surface area contributed by atoms with Crippen LogP contribution in [0.2, 0.25) is 0 Å². The summed E-state index contributed by atoms with van der Waals surface area (Å²) in [5.41, 5.74) is 2.40. The first-order valence-electron chi connectivity index (χ1n) is 8.21. The zero-order valence-electron chi connectivity index (χ0n) is 13.7. The van der Waals surface area contributed by atoms with Crippen LogP contribution in [0.1, 0.15) is 47.6 Å². The number of pyridine rings is 1.